The molecule has 0 saturated heterocycles. The fourth-order valence-corrected chi connectivity index (χ4v) is 2.62. The average Bonchev–Trinajstić information content (AvgIpc) is 2.33. The van der Waals surface area contributed by atoms with Gasteiger partial charge in [-0.3, -0.25) is 0 Å². The summed E-state index contributed by atoms with van der Waals surface area (Å²) in [7, 11) is 0. The number of pyridine rings is 1. The van der Waals surface area contributed by atoms with Gasteiger partial charge in [0, 0.05) is 21.2 Å². The van der Waals surface area contributed by atoms with Crippen LogP contribution in [0.15, 0.2) is 18.2 Å². The SMILES string of the molecule is CCNc1cc(C(F)F)nc2c(C)ccc(I)c12. The first-order valence-electron chi connectivity index (χ1n) is 5.66. The van der Waals surface area contributed by atoms with Crippen molar-refractivity contribution in [2.45, 2.75) is 20.3 Å². The minimum Gasteiger partial charge on any atom is -0.385 e. The van der Waals surface area contributed by atoms with Crippen molar-refractivity contribution < 1.29 is 8.78 Å². The van der Waals surface area contributed by atoms with Crippen LogP contribution in [0.3, 0.4) is 0 Å². The van der Waals surface area contributed by atoms with Crippen molar-refractivity contribution in [1.29, 1.82) is 0 Å². The summed E-state index contributed by atoms with van der Waals surface area (Å²) >= 11 is 2.20. The third-order valence-electron chi connectivity index (χ3n) is 2.72. The van der Waals surface area contributed by atoms with E-state index in [0.29, 0.717) is 12.1 Å². The quantitative estimate of drug-likeness (QED) is 0.813. The van der Waals surface area contributed by atoms with Gasteiger partial charge in [0.05, 0.1) is 5.52 Å². The van der Waals surface area contributed by atoms with Crippen molar-refractivity contribution in [3.05, 3.63) is 33.0 Å². The molecule has 0 spiro atoms. The Morgan fingerprint density at radius 2 is 2.11 bits per heavy atom. The van der Waals surface area contributed by atoms with Crippen molar-refractivity contribution >= 4 is 39.2 Å². The number of fused-ring (bicyclic) bond motifs is 1. The molecule has 0 bridgehead atoms. The Kier molecular flexibility index (Phi) is 3.99. The van der Waals surface area contributed by atoms with Gasteiger partial charge < -0.3 is 5.32 Å². The lowest BCUT2D eigenvalue weighted by Crippen LogP contribution is -2.02. The lowest BCUT2D eigenvalue weighted by molar-refractivity contribution is 0.146. The van der Waals surface area contributed by atoms with Crippen LogP contribution in [0.25, 0.3) is 10.9 Å². The molecular weight excluding hydrogens is 349 g/mol. The maximum absolute atomic E-state index is 12.9. The molecule has 2 rings (SSSR count). The average molecular weight is 362 g/mol. The molecule has 0 saturated carbocycles. The first-order valence-corrected chi connectivity index (χ1v) is 6.74. The van der Waals surface area contributed by atoms with E-state index >= 15 is 0 Å². The molecule has 0 amide bonds. The van der Waals surface area contributed by atoms with Crippen LogP contribution in [-0.2, 0) is 0 Å². The Morgan fingerprint density at radius 1 is 1.39 bits per heavy atom. The second kappa shape index (κ2) is 5.34. The first-order chi connectivity index (χ1) is 8.54. The van der Waals surface area contributed by atoms with Crippen molar-refractivity contribution in [3.63, 3.8) is 0 Å². The summed E-state index contributed by atoms with van der Waals surface area (Å²) in [5.41, 5.74) is 2.11. The largest absolute Gasteiger partial charge is 0.385 e. The van der Waals surface area contributed by atoms with E-state index in [1.54, 1.807) is 0 Å². The van der Waals surface area contributed by atoms with Crippen LogP contribution in [-0.4, -0.2) is 11.5 Å². The number of anilines is 1. The van der Waals surface area contributed by atoms with E-state index in [4.69, 9.17) is 0 Å². The third kappa shape index (κ3) is 2.41. The number of hydrogen-bond donors (Lipinski definition) is 1. The monoisotopic (exact) mass is 362 g/mol. The van der Waals surface area contributed by atoms with Crippen LogP contribution in [0.4, 0.5) is 14.5 Å². The summed E-state index contributed by atoms with van der Waals surface area (Å²) in [6.07, 6.45) is -2.55. The molecule has 0 aliphatic carbocycles. The van der Waals surface area contributed by atoms with E-state index in [1.807, 2.05) is 26.0 Å². The number of alkyl halides is 2. The summed E-state index contributed by atoms with van der Waals surface area (Å²) in [6.45, 7) is 4.51. The third-order valence-corrected chi connectivity index (χ3v) is 3.62. The number of aryl methyl sites for hydroxylation is 1. The van der Waals surface area contributed by atoms with Crippen LogP contribution in [0.2, 0.25) is 0 Å². The summed E-state index contributed by atoms with van der Waals surface area (Å²) in [5.74, 6) is 0. The molecule has 2 aromatic rings. The Balaban J connectivity index is 2.80. The van der Waals surface area contributed by atoms with E-state index in [0.717, 1.165) is 20.2 Å². The van der Waals surface area contributed by atoms with Crippen molar-refractivity contribution in [1.82, 2.24) is 4.98 Å². The smallest absolute Gasteiger partial charge is 0.280 e. The number of rotatable bonds is 3. The highest BCUT2D eigenvalue weighted by molar-refractivity contribution is 14.1. The van der Waals surface area contributed by atoms with Crippen molar-refractivity contribution in [3.8, 4) is 0 Å². The van der Waals surface area contributed by atoms with Gasteiger partial charge in [0.25, 0.3) is 6.43 Å². The van der Waals surface area contributed by atoms with Crippen LogP contribution in [0.1, 0.15) is 24.6 Å². The van der Waals surface area contributed by atoms with Crippen molar-refractivity contribution in [2.24, 2.45) is 0 Å². The second-order valence-corrected chi connectivity index (χ2v) is 5.18. The topological polar surface area (TPSA) is 24.9 Å². The van der Waals surface area contributed by atoms with Gasteiger partial charge in [-0.15, -0.1) is 0 Å². The maximum atomic E-state index is 12.9. The number of halogens is 3. The Hall–Kier alpha value is -0.980. The number of hydrogen-bond acceptors (Lipinski definition) is 2. The molecule has 1 aromatic carbocycles. The molecule has 1 N–H and O–H groups in total. The fourth-order valence-electron chi connectivity index (χ4n) is 1.89. The molecule has 5 heteroatoms. The molecule has 0 radical (unpaired) electrons. The van der Waals surface area contributed by atoms with Gasteiger partial charge in [-0.05, 0) is 54.1 Å². The van der Waals surface area contributed by atoms with Gasteiger partial charge in [-0.2, -0.15) is 0 Å². The molecule has 0 aliphatic heterocycles. The molecule has 0 atom stereocenters. The molecular formula is C13H13F2IN2. The minimum atomic E-state index is -2.55. The van der Waals surface area contributed by atoms with Crippen LogP contribution in [0.5, 0.6) is 0 Å². The zero-order chi connectivity index (χ0) is 13.3. The molecule has 1 heterocycles. The Morgan fingerprint density at radius 3 is 2.72 bits per heavy atom. The van der Waals surface area contributed by atoms with Gasteiger partial charge in [-0.1, -0.05) is 6.07 Å². The lowest BCUT2D eigenvalue weighted by atomic mass is 10.1. The minimum absolute atomic E-state index is 0.177. The highest BCUT2D eigenvalue weighted by Crippen LogP contribution is 2.32. The normalized spacial score (nSPS) is 11.2. The molecule has 0 aliphatic rings. The van der Waals surface area contributed by atoms with E-state index < -0.39 is 6.43 Å². The summed E-state index contributed by atoms with van der Waals surface area (Å²) in [5, 5.41) is 4.05. The predicted octanol–water partition coefficient (Wildman–Crippen LogP) is 4.52. The van der Waals surface area contributed by atoms with Crippen LogP contribution < -0.4 is 5.32 Å². The highest BCUT2D eigenvalue weighted by Gasteiger charge is 2.15. The number of benzene rings is 1. The van der Waals surface area contributed by atoms with E-state index in [-0.39, 0.29) is 5.69 Å². The maximum Gasteiger partial charge on any atom is 0.280 e. The fraction of sp³-hybridized carbons (Fsp3) is 0.308. The first kappa shape index (κ1) is 13.5. The summed E-state index contributed by atoms with van der Waals surface area (Å²) in [4.78, 5) is 4.08. The van der Waals surface area contributed by atoms with E-state index in [2.05, 4.69) is 32.9 Å². The predicted molar refractivity (Wildman–Crippen MR) is 78.3 cm³/mol. The van der Waals surface area contributed by atoms with E-state index in [1.165, 1.54) is 6.07 Å². The van der Waals surface area contributed by atoms with Gasteiger partial charge in [-0.25, -0.2) is 13.8 Å². The molecule has 0 fully saturated rings. The number of nitrogens with one attached hydrogen (secondary N) is 1. The standard InChI is InChI=1S/C13H13F2IN2/c1-3-17-9-6-10(13(14)15)18-12-7(2)4-5-8(16)11(9)12/h4-6,13H,3H2,1-2H3,(H,17,18). The van der Waals surface area contributed by atoms with Crippen LogP contribution in [0, 0.1) is 10.5 Å². The molecule has 0 unspecified atom stereocenters. The molecule has 2 nitrogen and oxygen atoms in total. The molecule has 18 heavy (non-hydrogen) atoms. The Bertz CT molecular complexity index is 585. The van der Waals surface area contributed by atoms with Gasteiger partial charge >= 0.3 is 0 Å². The summed E-state index contributed by atoms with van der Waals surface area (Å²) < 4.78 is 26.7. The van der Waals surface area contributed by atoms with Gasteiger partial charge in [0.15, 0.2) is 0 Å². The Labute approximate surface area is 118 Å². The van der Waals surface area contributed by atoms with Crippen LogP contribution >= 0.6 is 22.6 Å². The second-order valence-electron chi connectivity index (χ2n) is 4.01. The van der Waals surface area contributed by atoms with Crippen molar-refractivity contribution in [2.75, 3.05) is 11.9 Å². The zero-order valence-corrected chi connectivity index (χ0v) is 12.3. The van der Waals surface area contributed by atoms with Gasteiger partial charge in [0.2, 0.25) is 0 Å². The van der Waals surface area contributed by atoms with E-state index in [9.17, 15) is 8.78 Å². The lowest BCUT2D eigenvalue weighted by Gasteiger charge is -2.13. The summed E-state index contributed by atoms with van der Waals surface area (Å²) in [6, 6.07) is 5.32. The van der Waals surface area contributed by atoms with Gasteiger partial charge in [0.1, 0.15) is 5.69 Å². The molecule has 1 aromatic heterocycles. The number of aromatic nitrogens is 1. The zero-order valence-electron chi connectivity index (χ0n) is 10.1. The number of nitrogens with zero attached hydrogens (tertiary/aromatic N) is 1. The molecule has 96 valence electrons. The highest BCUT2D eigenvalue weighted by atomic mass is 127.